The maximum Gasteiger partial charge on any atom is 0.269 e. The van der Waals surface area contributed by atoms with Crippen molar-refractivity contribution in [3.63, 3.8) is 0 Å². The fraction of sp³-hybridized carbons (Fsp3) is 0.188. The minimum absolute atomic E-state index is 0.00141. The lowest BCUT2D eigenvalue weighted by atomic mass is 9.92. The van der Waals surface area contributed by atoms with Crippen LogP contribution in [0.15, 0.2) is 48.5 Å². The second-order valence-corrected chi connectivity index (χ2v) is 5.57. The van der Waals surface area contributed by atoms with Crippen LogP contribution in [-0.4, -0.2) is 23.3 Å². The molecule has 0 aromatic heterocycles. The van der Waals surface area contributed by atoms with Gasteiger partial charge in [0.25, 0.3) is 5.69 Å². The second-order valence-electron chi connectivity index (χ2n) is 5.10. The molecule has 0 N–H and O–H groups in total. The number of hydrogen-bond donors (Lipinski definition) is 0. The normalized spacial score (nSPS) is 20.1. The lowest BCUT2D eigenvalue weighted by Crippen LogP contribution is -2.56. The number of hydrogen-bond acceptors (Lipinski definition) is 4. The number of carbonyl (C=O) groups is 1. The minimum atomic E-state index is -0.682. The van der Waals surface area contributed by atoms with Crippen molar-refractivity contribution in [3.8, 4) is 5.75 Å². The van der Waals surface area contributed by atoms with Crippen molar-refractivity contribution in [3.05, 3.63) is 64.2 Å². The maximum atomic E-state index is 12.1. The number of halogens is 1. The molecule has 2 aromatic rings. The summed E-state index contributed by atoms with van der Waals surface area (Å²) in [5.74, 6) is 0.496. The molecule has 1 heterocycles. The summed E-state index contributed by atoms with van der Waals surface area (Å²) in [4.78, 5) is 24.0. The molecule has 0 aliphatic carbocycles. The SMILES string of the molecule is COc1ccc(N2C(=O)C(Cl)C2c2ccc([N+](=O)[O-])cc2)cc1. The number of methoxy groups -OCH3 is 1. The number of carbonyl (C=O) groups excluding carboxylic acids is 1. The van der Waals surface area contributed by atoms with Crippen LogP contribution in [0.5, 0.6) is 5.75 Å². The van der Waals surface area contributed by atoms with E-state index in [1.807, 2.05) is 0 Å². The summed E-state index contributed by atoms with van der Waals surface area (Å²) in [7, 11) is 1.57. The molecule has 2 aromatic carbocycles. The zero-order valence-electron chi connectivity index (χ0n) is 12.2. The Kier molecular flexibility index (Phi) is 3.92. The van der Waals surface area contributed by atoms with Gasteiger partial charge < -0.3 is 9.64 Å². The highest BCUT2D eigenvalue weighted by molar-refractivity contribution is 6.37. The predicted molar refractivity (Wildman–Crippen MR) is 86.0 cm³/mol. The van der Waals surface area contributed by atoms with Crippen molar-refractivity contribution < 1.29 is 14.5 Å². The molecule has 1 aliphatic rings. The van der Waals surface area contributed by atoms with Gasteiger partial charge in [0.05, 0.1) is 18.1 Å². The number of nitrogens with zero attached hydrogens (tertiary/aromatic N) is 2. The van der Waals surface area contributed by atoms with Crippen LogP contribution in [0.4, 0.5) is 11.4 Å². The standard InChI is InChI=1S/C16H13ClN2O4/c1-23-13-8-6-11(7-9-13)18-15(14(17)16(18)20)10-2-4-12(5-3-10)19(21)22/h2-9,14-15H,1H3. The Morgan fingerprint density at radius 3 is 2.26 bits per heavy atom. The van der Waals surface area contributed by atoms with Crippen LogP contribution in [0.25, 0.3) is 0 Å². The Bertz CT molecular complexity index is 746. The molecular weight excluding hydrogens is 320 g/mol. The minimum Gasteiger partial charge on any atom is -0.497 e. The molecule has 0 radical (unpaired) electrons. The third-order valence-corrected chi connectivity index (χ3v) is 4.25. The van der Waals surface area contributed by atoms with Crippen LogP contribution in [-0.2, 0) is 4.79 Å². The first-order chi connectivity index (χ1) is 11.0. The van der Waals surface area contributed by atoms with Gasteiger partial charge in [0.15, 0.2) is 0 Å². The average molecular weight is 333 g/mol. The Hall–Kier alpha value is -2.60. The van der Waals surface area contributed by atoms with E-state index in [1.165, 1.54) is 12.1 Å². The summed E-state index contributed by atoms with van der Waals surface area (Å²) in [6.45, 7) is 0. The topological polar surface area (TPSA) is 72.7 Å². The molecule has 3 rings (SSSR count). The summed E-state index contributed by atoms with van der Waals surface area (Å²) < 4.78 is 5.10. The van der Waals surface area contributed by atoms with Crippen molar-refractivity contribution in [2.75, 3.05) is 12.0 Å². The van der Waals surface area contributed by atoms with Gasteiger partial charge in [-0.3, -0.25) is 14.9 Å². The Morgan fingerprint density at radius 1 is 1.13 bits per heavy atom. The number of amides is 1. The molecule has 1 fully saturated rings. The number of non-ortho nitro benzene ring substituents is 1. The first kappa shape index (κ1) is 15.3. The van der Waals surface area contributed by atoms with Crippen LogP contribution in [0.2, 0.25) is 0 Å². The third-order valence-electron chi connectivity index (χ3n) is 3.82. The molecule has 2 atom stereocenters. The molecule has 0 spiro atoms. The highest BCUT2D eigenvalue weighted by Crippen LogP contribution is 2.42. The van der Waals surface area contributed by atoms with E-state index in [9.17, 15) is 14.9 Å². The highest BCUT2D eigenvalue weighted by Gasteiger charge is 2.47. The largest absolute Gasteiger partial charge is 0.497 e. The van der Waals surface area contributed by atoms with Gasteiger partial charge >= 0.3 is 0 Å². The molecule has 23 heavy (non-hydrogen) atoms. The molecule has 1 amide bonds. The van der Waals surface area contributed by atoms with E-state index in [-0.39, 0.29) is 17.6 Å². The van der Waals surface area contributed by atoms with Crippen molar-refractivity contribution in [2.24, 2.45) is 0 Å². The van der Waals surface area contributed by atoms with E-state index in [0.717, 1.165) is 5.56 Å². The van der Waals surface area contributed by atoms with Crippen molar-refractivity contribution in [1.82, 2.24) is 0 Å². The first-order valence-corrected chi connectivity index (χ1v) is 7.32. The van der Waals surface area contributed by atoms with Crippen LogP contribution in [0.3, 0.4) is 0 Å². The molecule has 6 nitrogen and oxygen atoms in total. The number of β-lactam (4-membered cyclic amide) rings is 1. The zero-order valence-corrected chi connectivity index (χ0v) is 12.9. The number of benzene rings is 2. The Balaban J connectivity index is 1.90. The van der Waals surface area contributed by atoms with Gasteiger partial charge in [-0.05, 0) is 29.8 Å². The zero-order chi connectivity index (χ0) is 16.6. The van der Waals surface area contributed by atoms with E-state index in [1.54, 1.807) is 48.4 Å². The monoisotopic (exact) mass is 332 g/mol. The van der Waals surface area contributed by atoms with Crippen molar-refractivity contribution >= 4 is 28.9 Å². The lowest BCUT2D eigenvalue weighted by Gasteiger charge is -2.44. The van der Waals surface area contributed by atoms with Gasteiger partial charge in [-0.2, -0.15) is 0 Å². The molecule has 2 unspecified atom stereocenters. The van der Waals surface area contributed by atoms with E-state index >= 15 is 0 Å². The molecule has 0 bridgehead atoms. The number of rotatable bonds is 4. The van der Waals surface area contributed by atoms with Gasteiger partial charge in [-0.1, -0.05) is 12.1 Å². The third kappa shape index (κ3) is 2.61. The van der Waals surface area contributed by atoms with E-state index in [4.69, 9.17) is 16.3 Å². The summed E-state index contributed by atoms with van der Waals surface area (Å²) in [6, 6.07) is 12.8. The Morgan fingerprint density at radius 2 is 1.74 bits per heavy atom. The van der Waals surface area contributed by atoms with Gasteiger partial charge in [-0.25, -0.2) is 0 Å². The van der Waals surface area contributed by atoms with Gasteiger partial charge in [0.2, 0.25) is 5.91 Å². The van der Waals surface area contributed by atoms with Crippen LogP contribution in [0.1, 0.15) is 11.6 Å². The fourth-order valence-corrected chi connectivity index (χ4v) is 2.96. The molecule has 0 saturated carbocycles. The average Bonchev–Trinajstić information content (AvgIpc) is 2.59. The Labute approximate surface area is 137 Å². The van der Waals surface area contributed by atoms with E-state index in [2.05, 4.69) is 0 Å². The van der Waals surface area contributed by atoms with Crippen molar-refractivity contribution in [1.29, 1.82) is 0 Å². The summed E-state index contributed by atoms with van der Waals surface area (Å²) in [6.07, 6.45) is 0. The molecule has 1 saturated heterocycles. The molecular formula is C16H13ClN2O4. The van der Waals surface area contributed by atoms with E-state index in [0.29, 0.717) is 11.4 Å². The number of nitro benzene ring substituents is 1. The number of alkyl halides is 1. The van der Waals surface area contributed by atoms with Gasteiger partial charge in [0, 0.05) is 17.8 Å². The smallest absolute Gasteiger partial charge is 0.269 e. The van der Waals surface area contributed by atoms with Crippen LogP contribution < -0.4 is 9.64 Å². The number of anilines is 1. The number of ether oxygens (including phenoxy) is 1. The van der Waals surface area contributed by atoms with Crippen LogP contribution in [0, 0.1) is 10.1 Å². The predicted octanol–water partition coefficient (Wildman–Crippen LogP) is 3.30. The lowest BCUT2D eigenvalue weighted by molar-refractivity contribution is -0.384. The van der Waals surface area contributed by atoms with Crippen molar-refractivity contribution in [2.45, 2.75) is 11.4 Å². The summed E-state index contributed by atoms with van der Waals surface area (Å²) in [5, 5.41) is 10.0. The van der Waals surface area contributed by atoms with Gasteiger partial charge in [-0.15, -0.1) is 11.6 Å². The van der Waals surface area contributed by atoms with Crippen LogP contribution >= 0.6 is 11.6 Å². The molecule has 7 heteroatoms. The summed E-state index contributed by atoms with van der Waals surface area (Å²) in [5.41, 5.74) is 1.46. The van der Waals surface area contributed by atoms with E-state index < -0.39 is 10.3 Å². The van der Waals surface area contributed by atoms with Gasteiger partial charge in [0.1, 0.15) is 11.1 Å². The second kappa shape index (κ2) is 5.89. The molecule has 118 valence electrons. The summed E-state index contributed by atoms with van der Waals surface area (Å²) >= 11 is 6.16. The highest BCUT2D eigenvalue weighted by atomic mass is 35.5. The number of nitro groups is 1. The quantitative estimate of drug-likeness (QED) is 0.373. The first-order valence-electron chi connectivity index (χ1n) is 6.88. The fourth-order valence-electron chi connectivity index (χ4n) is 2.60. The molecule has 1 aliphatic heterocycles. The maximum absolute atomic E-state index is 12.1.